The van der Waals surface area contributed by atoms with Gasteiger partial charge < -0.3 is 5.32 Å². The van der Waals surface area contributed by atoms with Crippen LogP contribution in [0.1, 0.15) is 39.1 Å². The number of hydrogen-bond acceptors (Lipinski definition) is 4. The molecule has 2 atom stereocenters. The summed E-state index contributed by atoms with van der Waals surface area (Å²) < 4.78 is 11.2. The Morgan fingerprint density at radius 3 is 2.42 bits per heavy atom. The zero-order valence-electron chi connectivity index (χ0n) is 12.4. The van der Waals surface area contributed by atoms with E-state index < -0.39 is 10.8 Å². The van der Waals surface area contributed by atoms with Gasteiger partial charge in [-0.2, -0.15) is 0 Å². The summed E-state index contributed by atoms with van der Waals surface area (Å²) in [6.07, 6.45) is 1.69. The van der Waals surface area contributed by atoms with E-state index in [4.69, 9.17) is 11.6 Å². The van der Waals surface area contributed by atoms with E-state index in [1.807, 2.05) is 34.6 Å². The molecule has 0 aromatic carbocycles. The number of nitrogens with one attached hydrogen (secondary N) is 1. The smallest absolute Gasteiger partial charge is 0.137 e. The first-order chi connectivity index (χ1) is 8.61. The van der Waals surface area contributed by atoms with Gasteiger partial charge in [0.15, 0.2) is 0 Å². The number of rotatable bonds is 4. The third-order valence-electron chi connectivity index (χ3n) is 2.63. The SMILES string of the molecule is Cc1c(Cl)nc(C(C)(C)C)nc1NC(C)CS(C)=O. The zero-order valence-corrected chi connectivity index (χ0v) is 13.9. The Bertz CT molecular complexity index is 486. The molecule has 1 N–H and O–H groups in total. The minimum absolute atomic E-state index is 0.0725. The monoisotopic (exact) mass is 303 g/mol. The van der Waals surface area contributed by atoms with Gasteiger partial charge in [0.1, 0.15) is 16.8 Å². The van der Waals surface area contributed by atoms with Crippen LogP contribution in [0.2, 0.25) is 5.15 Å². The van der Waals surface area contributed by atoms with Crippen molar-refractivity contribution in [2.45, 2.75) is 46.1 Å². The molecular weight excluding hydrogens is 282 g/mol. The molecule has 6 heteroatoms. The van der Waals surface area contributed by atoms with Crippen LogP contribution in [0.25, 0.3) is 0 Å². The van der Waals surface area contributed by atoms with Crippen molar-refractivity contribution in [1.82, 2.24) is 9.97 Å². The summed E-state index contributed by atoms with van der Waals surface area (Å²) in [7, 11) is -0.843. The molecule has 1 aromatic heterocycles. The highest BCUT2D eigenvalue weighted by Gasteiger charge is 2.21. The average molecular weight is 304 g/mol. The second-order valence-electron chi connectivity index (χ2n) is 5.85. The predicted octanol–water partition coefficient (Wildman–Crippen LogP) is 2.91. The van der Waals surface area contributed by atoms with Crippen LogP contribution in [0.15, 0.2) is 0 Å². The lowest BCUT2D eigenvalue weighted by molar-refractivity contribution is 0.545. The fourth-order valence-corrected chi connectivity index (χ4v) is 2.55. The van der Waals surface area contributed by atoms with E-state index in [0.29, 0.717) is 16.7 Å². The van der Waals surface area contributed by atoms with Crippen LogP contribution in [0.5, 0.6) is 0 Å². The Balaban J connectivity index is 3.06. The van der Waals surface area contributed by atoms with E-state index in [1.54, 1.807) is 6.26 Å². The highest BCUT2D eigenvalue weighted by molar-refractivity contribution is 7.84. The highest BCUT2D eigenvalue weighted by atomic mass is 35.5. The molecule has 0 bridgehead atoms. The maximum Gasteiger partial charge on any atom is 0.137 e. The third kappa shape index (κ3) is 4.73. The van der Waals surface area contributed by atoms with Crippen molar-refractivity contribution in [3.8, 4) is 0 Å². The first-order valence-electron chi connectivity index (χ1n) is 6.22. The van der Waals surface area contributed by atoms with Crippen molar-refractivity contribution in [2.75, 3.05) is 17.3 Å². The van der Waals surface area contributed by atoms with Crippen molar-refractivity contribution >= 4 is 28.2 Å². The molecule has 0 aliphatic rings. The van der Waals surface area contributed by atoms with Gasteiger partial charge >= 0.3 is 0 Å². The minimum atomic E-state index is -0.843. The summed E-state index contributed by atoms with van der Waals surface area (Å²) in [5.41, 5.74) is 0.660. The topological polar surface area (TPSA) is 54.9 Å². The Morgan fingerprint density at radius 1 is 1.37 bits per heavy atom. The Morgan fingerprint density at radius 2 is 1.95 bits per heavy atom. The summed E-state index contributed by atoms with van der Waals surface area (Å²) >= 11 is 6.16. The van der Waals surface area contributed by atoms with E-state index >= 15 is 0 Å². The standard InChI is InChI=1S/C13H22ClN3OS/c1-8(7-19(6)18)15-11-9(2)10(14)16-12(17-11)13(3,4)5/h8H,7H2,1-6H3,(H,15,16,17). The largest absolute Gasteiger partial charge is 0.366 e. The molecule has 2 unspecified atom stereocenters. The molecule has 1 rings (SSSR count). The van der Waals surface area contributed by atoms with Gasteiger partial charge in [0.25, 0.3) is 0 Å². The quantitative estimate of drug-likeness (QED) is 0.869. The molecule has 1 heterocycles. The molecule has 108 valence electrons. The fraction of sp³-hybridized carbons (Fsp3) is 0.692. The van der Waals surface area contributed by atoms with Crippen LogP contribution >= 0.6 is 11.6 Å². The molecule has 0 fully saturated rings. The number of hydrogen-bond donors (Lipinski definition) is 1. The molecule has 1 aromatic rings. The number of halogens is 1. The van der Waals surface area contributed by atoms with Crippen molar-refractivity contribution in [3.63, 3.8) is 0 Å². The maximum absolute atomic E-state index is 11.2. The van der Waals surface area contributed by atoms with Crippen LogP contribution in [0.4, 0.5) is 5.82 Å². The average Bonchev–Trinajstić information content (AvgIpc) is 2.21. The molecule has 0 saturated carbocycles. The van der Waals surface area contributed by atoms with Crippen molar-refractivity contribution in [2.24, 2.45) is 0 Å². The maximum atomic E-state index is 11.2. The van der Waals surface area contributed by atoms with Gasteiger partial charge in [-0.15, -0.1) is 0 Å². The summed E-state index contributed by atoms with van der Waals surface area (Å²) in [6.45, 7) is 9.99. The van der Waals surface area contributed by atoms with E-state index in [0.717, 1.165) is 11.4 Å². The van der Waals surface area contributed by atoms with Crippen LogP contribution in [-0.4, -0.2) is 32.2 Å². The number of nitrogens with zero attached hydrogens (tertiary/aromatic N) is 2. The molecule has 4 nitrogen and oxygen atoms in total. The normalized spacial score (nSPS) is 15.1. The lowest BCUT2D eigenvalue weighted by atomic mass is 9.95. The van der Waals surface area contributed by atoms with Crippen LogP contribution < -0.4 is 5.32 Å². The van der Waals surface area contributed by atoms with Crippen LogP contribution in [0.3, 0.4) is 0 Å². The zero-order chi connectivity index (χ0) is 14.8. The Hall–Kier alpha value is -0.680. The molecule has 0 aliphatic carbocycles. The van der Waals surface area contributed by atoms with E-state index in [-0.39, 0.29) is 11.5 Å². The van der Waals surface area contributed by atoms with Crippen molar-refractivity contribution in [3.05, 3.63) is 16.5 Å². The van der Waals surface area contributed by atoms with Gasteiger partial charge in [-0.3, -0.25) is 4.21 Å². The molecule has 19 heavy (non-hydrogen) atoms. The predicted molar refractivity (Wildman–Crippen MR) is 82.5 cm³/mol. The van der Waals surface area contributed by atoms with E-state index in [9.17, 15) is 4.21 Å². The number of anilines is 1. The minimum Gasteiger partial charge on any atom is -0.366 e. The summed E-state index contributed by atoms with van der Waals surface area (Å²) in [6, 6.07) is 0.0725. The number of aromatic nitrogens is 2. The van der Waals surface area contributed by atoms with Gasteiger partial charge in [-0.05, 0) is 13.8 Å². The highest BCUT2D eigenvalue weighted by Crippen LogP contribution is 2.26. The van der Waals surface area contributed by atoms with Gasteiger partial charge in [-0.1, -0.05) is 32.4 Å². The molecule has 0 aliphatic heterocycles. The summed E-state index contributed by atoms with van der Waals surface area (Å²) in [5.74, 6) is 2.00. The molecule has 0 spiro atoms. The Labute approximate surface area is 122 Å². The first kappa shape index (κ1) is 16.4. The van der Waals surface area contributed by atoms with E-state index in [1.165, 1.54) is 0 Å². The van der Waals surface area contributed by atoms with Gasteiger partial charge in [-0.25, -0.2) is 9.97 Å². The van der Waals surface area contributed by atoms with E-state index in [2.05, 4.69) is 15.3 Å². The first-order valence-corrected chi connectivity index (χ1v) is 8.33. The van der Waals surface area contributed by atoms with Gasteiger partial charge in [0.2, 0.25) is 0 Å². The summed E-state index contributed by atoms with van der Waals surface area (Å²) in [4.78, 5) is 8.87. The second kappa shape index (κ2) is 6.18. The second-order valence-corrected chi connectivity index (χ2v) is 7.68. The molecule has 0 amide bonds. The van der Waals surface area contributed by atoms with Gasteiger partial charge in [0.05, 0.1) is 0 Å². The molecular formula is C13H22ClN3OS. The van der Waals surface area contributed by atoms with Crippen LogP contribution in [0, 0.1) is 6.92 Å². The van der Waals surface area contributed by atoms with Crippen molar-refractivity contribution < 1.29 is 4.21 Å². The molecule has 0 radical (unpaired) electrons. The van der Waals surface area contributed by atoms with Gasteiger partial charge in [0, 0.05) is 39.8 Å². The van der Waals surface area contributed by atoms with Crippen molar-refractivity contribution in [1.29, 1.82) is 0 Å². The third-order valence-corrected chi connectivity index (χ3v) is 3.96. The lowest BCUT2D eigenvalue weighted by Crippen LogP contribution is -2.25. The van der Waals surface area contributed by atoms with Crippen LogP contribution in [-0.2, 0) is 16.2 Å². The lowest BCUT2D eigenvalue weighted by Gasteiger charge is -2.21. The summed E-state index contributed by atoms with van der Waals surface area (Å²) in [5, 5.41) is 3.73. The fourth-order valence-electron chi connectivity index (χ4n) is 1.59. The molecule has 0 saturated heterocycles. The Kier molecular flexibility index (Phi) is 5.33.